The first-order chi connectivity index (χ1) is 38.7. The molecule has 0 aromatic carbocycles. The average Bonchev–Trinajstić information content (AvgIpc) is 3.47. The van der Waals surface area contributed by atoms with Gasteiger partial charge in [-0.3, -0.25) is 9.59 Å². The van der Waals surface area contributed by atoms with Crippen molar-refractivity contribution >= 4 is 11.9 Å². The Kier molecular flexibility index (Phi) is 53.0. The topological polar surface area (TPSA) is 175 Å². The predicted molar refractivity (Wildman–Crippen MR) is 329 cm³/mol. The zero-order valence-corrected chi connectivity index (χ0v) is 51.2. The Bertz CT molecular complexity index is 1470. The van der Waals surface area contributed by atoms with E-state index in [4.69, 9.17) is 14.2 Å². The number of hydrogen-bond donors (Lipinski definition) is 6. The maximum absolute atomic E-state index is 13.4. The van der Waals surface area contributed by atoms with Crippen molar-refractivity contribution in [2.24, 2.45) is 0 Å². The van der Waals surface area contributed by atoms with Gasteiger partial charge in [0.1, 0.15) is 24.4 Å². The summed E-state index contributed by atoms with van der Waals surface area (Å²) in [4.78, 5) is 26.5. The van der Waals surface area contributed by atoms with Crippen LogP contribution in [0.15, 0.2) is 48.6 Å². The number of aliphatic hydroxyl groups is 5. The first kappa shape index (κ1) is 74.6. The molecule has 1 amide bonds. The molecule has 0 spiro atoms. The van der Waals surface area contributed by atoms with Crippen molar-refractivity contribution in [3.05, 3.63) is 48.6 Å². The highest BCUT2D eigenvalue weighted by Crippen LogP contribution is 2.26. The van der Waals surface area contributed by atoms with Crippen LogP contribution >= 0.6 is 0 Å². The fraction of sp³-hybridized carbons (Fsp3) is 0.853. The van der Waals surface area contributed by atoms with Crippen molar-refractivity contribution in [3.63, 3.8) is 0 Å². The van der Waals surface area contributed by atoms with E-state index in [-0.39, 0.29) is 19.4 Å². The highest BCUT2D eigenvalue weighted by atomic mass is 16.7. The zero-order chi connectivity index (χ0) is 57.5. The van der Waals surface area contributed by atoms with Crippen LogP contribution in [0.4, 0.5) is 0 Å². The number of allylic oxidation sites excluding steroid dienone is 7. The van der Waals surface area contributed by atoms with Crippen LogP contribution in [-0.2, 0) is 23.8 Å². The average molecular weight is 1120 g/mol. The normalized spacial score (nSPS) is 19.1. The van der Waals surface area contributed by atoms with Crippen molar-refractivity contribution < 1.29 is 49.3 Å². The maximum atomic E-state index is 13.4. The summed E-state index contributed by atoms with van der Waals surface area (Å²) >= 11 is 0. The first-order valence-electron chi connectivity index (χ1n) is 33.4. The Labute approximate surface area is 485 Å². The summed E-state index contributed by atoms with van der Waals surface area (Å²) in [5.74, 6) is -1.26. The van der Waals surface area contributed by atoms with Gasteiger partial charge >= 0.3 is 5.97 Å². The summed E-state index contributed by atoms with van der Waals surface area (Å²) in [6.07, 6.45) is 59.0. The van der Waals surface area contributed by atoms with Gasteiger partial charge in [0.05, 0.1) is 25.4 Å². The number of carbonyl (C=O) groups is 2. The van der Waals surface area contributed by atoms with E-state index in [0.29, 0.717) is 12.8 Å². The predicted octanol–water partition coefficient (Wildman–Crippen LogP) is 16.4. The smallest absolute Gasteiger partial charge is 0.306 e. The molecule has 1 aliphatic rings. The summed E-state index contributed by atoms with van der Waals surface area (Å²) in [6.45, 7) is 5.76. The van der Waals surface area contributed by atoms with E-state index in [0.717, 1.165) is 51.4 Å². The molecule has 8 atom stereocenters. The van der Waals surface area contributed by atoms with Crippen LogP contribution in [0.1, 0.15) is 310 Å². The molecular formula is C68H125NO10. The van der Waals surface area contributed by atoms with E-state index in [1.54, 1.807) is 6.08 Å². The van der Waals surface area contributed by atoms with Gasteiger partial charge in [0.15, 0.2) is 12.4 Å². The molecule has 462 valence electrons. The molecule has 8 unspecified atom stereocenters. The van der Waals surface area contributed by atoms with Gasteiger partial charge in [-0.1, -0.05) is 281 Å². The van der Waals surface area contributed by atoms with Crippen LogP contribution in [0.3, 0.4) is 0 Å². The maximum Gasteiger partial charge on any atom is 0.306 e. The van der Waals surface area contributed by atoms with E-state index in [1.165, 1.54) is 212 Å². The Balaban J connectivity index is 2.56. The molecule has 0 bridgehead atoms. The minimum atomic E-state index is -1.63. The van der Waals surface area contributed by atoms with E-state index in [1.807, 2.05) is 18.2 Å². The zero-order valence-electron chi connectivity index (χ0n) is 51.2. The monoisotopic (exact) mass is 1120 g/mol. The van der Waals surface area contributed by atoms with Crippen molar-refractivity contribution in [1.29, 1.82) is 0 Å². The molecule has 0 aromatic rings. The molecule has 11 heteroatoms. The van der Waals surface area contributed by atoms with Crippen molar-refractivity contribution in [1.82, 2.24) is 5.32 Å². The summed E-state index contributed by atoms with van der Waals surface area (Å²) in [5.41, 5.74) is 0. The molecule has 1 aliphatic heterocycles. The standard InChI is InChI=1S/C68H125NO10/c1-4-7-10-13-16-19-22-24-25-26-27-28-29-30-31-32-33-34-35-36-38-40-43-46-49-52-55-61(72)67(76)69-59(60(71)54-51-48-45-42-39-21-18-15-12-9-6-3)58-77-68-66(65(75)64(74)62(57-70)78-68)79-63(73)56-53-50-47-44-41-37-23-20-17-14-11-8-5-2/h24-25,37,41,47,50-51,54,59-62,64-66,68,70-72,74-75H,4-23,26-36,38-40,42-46,48-49,52-53,55-58H2,1-3H3,(H,69,76)/b25-24+,41-37-,50-47+,54-51+. The minimum absolute atomic E-state index is 0.0189. The Morgan fingerprint density at radius 2 is 0.873 bits per heavy atom. The van der Waals surface area contributed by atoms with Gasteiger partial charge in [0, 0.05) is 6.42 Å². The second-order valence-corrected chi connectivity index (χ2v) is 23.2. The molecule has 6 N–H and O–H groups in total. The third-order valence-electron chi connectivity index (χ3n) is 15.7. The molecule has 1 fully saturated rings. The van der Waals surface area contributed by atoms with Crippen LogP contribution in [0.25, 0.3) is 0 Å². The third kappa shape index (κ3) is 43.9. The number of hydrogen-bond acceptors (Lipinski definition) is 10. The van der Waals surface area contributed by atoms with E-state index < -0.39 is 67.4 Å². The lowest BCUT2D eigenvalue weighted by Gasteiger charge is -2.41. The Hall–Kier alpha value is -2.38. The summed E-state index contributed by atoms with van der Waals surface area (Å²) in [5, 5.41) is 57.0. The summed E-state index contributed by atoms with van der Waals surface area (Å²) in [7, 11) is 0. The molecule has 0 radical (unpaired) electrons. The van der Waals surface area contributed by atoms with Gasteiger partial charge < -0.3 is 45.1 Å². The van der Waals surface area contributed by atoms with E-state index in [9.17, 15) is 35.1 Å². The number of rotatable bonds is 57. The van der Waals surface area contributed by atoms with Crippen LogP contribution in [0.2, 0.25) is 0 Å². The molecule has 0 aromatic heterocycles. The fourth-order valence-corrected chi connectivity index (χ4v) is 10.4. The molecule has 11 nitrogen and oxygen atoms in total. The van der Waals surface area contributed by atoms with Crippen LogP contribution in [-0.4, -0.2) is 99.6 Å². The number of aliphatic hydroxyl groups excluding tert-OH is 5. The number of esters is 1. The van der Waals surface area contributed by atoms with Crippen LogP contribution in [0, 0.1) is 0 Å². The summed E-state index contributed by atoms with van der Waals surface area (Å²) < 4.78 is 17.5. The minimum Gasteiger partial charge on any atom is -0.454 e. The van der Waals surface area contributed by atoms with E-state index >= 15 is 0 Å². The second-order valence-electron chi connectivity index (χ2n) is 23.2. The number of nitrogens with one attached hydrogen (secondary N) is 1. The Morgan fingerprint density at radius 3 is 1.30 bits per heavy atom. The molecule has 79 heavy (non-hydrogen) atoms. The molecule has 1 heterocycles. The highest BCUT2D eigenvalue weighted by molar-refractivity contribution is 5.80. The number of unbranched alkanes of at least 4 members (excludes halogenated alkanes) is 37. The lowest BCUT2D eigenvalue weighted by atomic mass is 9.99. The highest BCUT2D eigenvalue weighted by Gasteiger charge is 2.47. The van der Waals surface area contributed by atoms with Gasteiger partial charge in [-0.05, 0) is 70.6 Å². The fourth-order valence-electron chi connectivity index (χ4n) is 10.4. The largest absolute Gasteiger partial charge is 0.454 e. The van der Waals surface area contributed by atoms with Gasteiger partial charge in [-0.2, -0.15) is 0 Å². The number of amides is 1. The van der Waals surface area contributed by atoms with Crippen molar-refractivity contribution in [2.75, 3.05) is 13.2 Å². The van der Waals surface area contributed by atoms with Crippen molar-refractivity contribution in [3.8, 4) is 0 Å². The third-order valence-corrected chi connectivity index (χ3v) is 15.7. The van der Waals surface area contributed by atoms with Crippen LogP contribution < -0.4 is 5.32 Å². The SMILES string of the molecule is CCCCCCCC/C=C\C/C=C/CCC(=O)OC1C(OCC(NC(=O)C(O)CCCCCCCCCCCCCCCCCC/C=C/CCCCCCCC)C(O)/C=C/CCCCCCCCCCC)OC(CO)C(O)C1O. The molecule has 1 saturated heterocycles. The Morgan fingerprint density at radius 1 is 0.494 bits per heavy atom. The second kappa shape index (κ2) is 56.1. The molecule has 0 aliphatic carbocycles. The van der Waals surface area contributed by atoms with E-state index in [2.05, 4.69) is 50.4 Å². The lowest BCUT2D eigenvalue weighted by molar-refractivity contribution is -0.305. The molecule has 1 rings (SSSR count). The van der Waals surface area contributed by atoms with Crippen molar-refractivity contribution in [2.45, 2.75) is 359 Å². The number of ether oxygens (including phenoxy) is 3. The number of carbonyl (C=O) groups excluding carboxylic acids is 2. The van der Waals surface area contributed by atoms with Gasteiger partial charge in [0.25, 0.3) is 0 Å². The van der Waals surface area contributed by atoms with Gasteiger partial charge in [0.2, 0.25) is 5.91 Å². The first-order valence-corrected chi connectivity index (χ1v) is 33.4. The quantitative estimate of drug-likeness (QED) is 0.0195. The molecule has 0 saturated carbocycles. The van der Waals surface area contributed by atoms with Crippen LogP contribution in [0.5, 0.6) is 0 Å². The lowest BCUT2D eigenvalue weighted by Crippen LogP contribution is -2.61. The van der Waals surface area contributed by atoms with Gasteiger partial charge in [-0.15, -0.1) is 0 Å². The molecular weight excluding hydrogens is 991 g/mol. The summed E-state index contributed by atoms with van der Waals surface area (Å²) in [6, 6.07) is -1.03. The van der Waals surface area contributed by atoms with Gasteiger partial charge in [-0.25, -0.2) is 0 Å².